The van der Waals surface area contributed by atoms with Crippen LogP contribution in [0.1, 0.15) is 34.3 Å². The first-order valence-corrected chi connectivity index (χ1v) is 7.78. The molecule has 3 aromatic heterocycles. The second kappa shape index (κ2) is 6.52. The van der Waals surface area contributed by atoms with E-state index in [4.69, 9.17) is 4.52 Å². The van der Waals surface area contributed by atoms with Crippen LogP contribution in [0.3, 0.4) is 0 Å². The largest absolute Gasteiger partial charge is 0.383 e. The number of aryl methyl sites for hydroxylation is 2. The molecular formula is C16H20N6O3. The van der Waals surface area contributed by atoms with Crippen LogP contribution in [0.15, 0.2) is 35.4 Å². The lowest BCUT2D eigenvalue weighted by Gasteiger charge is -2.21. The van der Waals surface area contributed by atoms with E-state index < -0.39 is 11.5 Å². The molecule has 0 radical (unpaired) electrons. The van der Waals surface area contributed by atoms with Crippen molar-refractivity contribution in [3.63, 3.8) is 0 Å². The molecule has 0 aromatic carbocycles. The summed E-state index contributed by atoms with van der Waals surface area (Å²) < 4.78 is 8.46. The number of carbonyl (C=O) groups excluding carboxylic acids is 1. The second-order valence-electron chi connectivity index (χ2n) is 6.25. The highest BCUT2D eigenvalue weighted by Gasteiger charge is 2.26. The van der Waals surface area contributed by atoms with Crippen molar-refractivity contribution in [1.29, 1.82) is 0 Å². The van der Waals surface area contributed by atoms with Crippen molar-refractivity contribution in [3.05, 3.63) is 53.4 Å². The van der Waals surface area contributed by atoms with Gasteiger partial charge in [-0.15, -0.1) is 0 Å². The Labute approximate surface area is 144 Å². The Morgan fingerprint density at radius 2 is 2.16 bits per heavy atom. The maximum Gasteiger partial charge on any atom is 0.273 e. The molecular weight excluding hydrogens is 324 g/mol. The summed E-state index contributed by atoms with van der Waals surface area (Å²) in [7, 11) is 1.76. The summed E-state index contributed by atoms with van der Waals surface area (Å²) in [4.78, 5) is 12.2. The van der Waals surface area contributed by atoms with E-state index in [0.29, 0.717) is 17.9 Å². The Hall–Kier alpha value is -2.94. The molecule has 9 heteroatoms. The Kier molecular flexibility index (Phi) is 4.41. The maximum atomic E-state index is 12.2. The average Bonchev–Trinajstić information content (AvgIpc) is 3.27. The summed E-state index contributed by atoms with van der Waals surface area (Å²) in [5, 5.41) is 25.1. The topological polar surface area (TPSA) is 111 Å². The number of carbonyl (C=O) groups is 1. The number of amides is 1. The standard InChI is InChI=1S/C16H20N6O3/c1-11-5-19-22(7-11)9-13-4-14(20-25-13)15(23)17-10-16(2,24)12-6-18-21(3)8-12/h4-8,24H,9-10H2,1-3H3,(H,17,23). The molecule has 1 amide bonds. The van der Waals surface area contributed by atoms with Gasteiger partial charge in [-0.3, -0.25) is 14.2 Å². The third kappa shape index (κ3) is 3.94. The fraction of sp³-hybridized carbons (Fsp3) is 0.375. The first kappa shape index (κ1) is 16.9. The molecule has 1 atom stereocenters. The molecule has 0 saturated heterocycles. The van der Waals surface area contributed by atoms with Gasteiger partial charge in [0.25, 0.3) is 5.91 Å². The Balaban J connectivity index is 1.60. The van der Waals surface area contributed by atoms with Gasteiger partial charge >= 0.3 is 0 Å². The summed E-state index contributed by atoms with van der Waals surface area (Å²) in [6.45, 7) is 3.97. The van der Waals surface area contributed by atoms with Crippen LogP contribution in [0.5, 0.6) is 0 Å². The minimum absolute atomic E-state index is 0.0259. The second-order valence-corrected chi connectivity index (χ2v) is 6.25. The fourth-order valence-electron chi connectivity index (χ4n) is 2.35. The predicted octanol–water partition coefficient (Wildman–Crippen LogP) is 0.599. The number of nitrogens with zero attached hydrogens (tertiary/aromatic N) is 5. The van der Waals surface area contributed by atoms with Gasteiger partial charge in [-0.05, 0) is 19.4 Å². The lowest BCUT2D eigenvalue weighted by Crippen LogP contribution is -2.38. The van der Waals surface area contributed by atoms with E-state index in [0.717, 1.165) is 5.56 Å². The van der Waals surface area contributed by atoms with Crippen molar-refractivity contribution in [1.82, 2.24) is 30.0 Å². The van der Waals surface area contributed by atoms with Gasteiger partial charge in [0, 0.05) is 31.1 Å². The van der Waals surface area contributed by atoms with Crippen LogP contribution < -0.4 is 5.32 Å². The van der Waals surface area contributed by atoms with Crippen LogP contribution in [0.25, 0.3) is 0 Å². The Morgan fingerprint density at radius 3 is 2.80 bits per heavy atom. The SMILES string of the molecule is Cc1cnn(Cc2cc(C(=O)NCC(C)(O)c3cnn(C)c3)no2)c1. The lowest BCUT2D eigenvalue weighted by atomic mass is 10.00. The van der Waals surface area contributed by atoms with Crippen LogP contribution in [0.4, 0.5) is 0 Å². The van der Waals surface area contributed by atoms with E-state index >= 15 is 0 Å². The molecule has 3 aromatic rings. The molecule has 0 saturated carbocycles. The number of aliphatic hydroxyl groups is 1. The van der Waals surface area contributed by atoms with E-state index in [1.807, 2.05) is 13.1 Å². The van der Waals surface area contributed by atoms with Crippen LogP contribution >= 0.6 is 0 Å². The van der Waals surface area contributed by atoms with Crippen molar-refractivity contribution in [3.8, 4) is 0 Å². The zero-order valence-electron chi connectivity index (χ0n) is 14.3. The molecule has 25 heavy (non-hydrogen) atoms. The third-order valence-electron chi connectivity index (χ3n) is 3.79. The minimum atomic E-state index is -1.23. The maximum absolute atomic E-state index is 12.2. The number of hydrogen-bond acceptors (Lipinski definition) is 6. The van der Waals surface area contributed by atoms with Gasteiger partial charge in [-0.25, -0.2) is 0 Å². The van der Waals surface area contributed by atoms with Crippen molar-refractivity contribution in [2.75, 3.05) is 6.54 Å². The third-order valence-corrected chi connectivity index (χ3v) is 3.79. The molecule has 0 aliphatic carbocycles. The van der Waals surface area contributed by atoms with Crippen LogP contribution in [-0.4, -0.2) is 42.3 Å². The van der Waals surface area contributed by atoms with Gasteiger partial charge in [0.2, 0.25) is 0 Å². The monoisotopic (exact) mass is 344 g/mol. The first-order valence-electron chi connectivity index (χ1n) is 7.78. The van der Waals surface area contributed by atoms with Crippen LogP contribution in [0, 0.1) is 6.92 Å². The van der Waals surface area contributed by atoms with E-state index in [9.17, 15) is 9.90 Å². The van der Waals surface area contributed by atoms with Gasteiger partial charge in [0.15, 0.2) is 11.5 Å². The summed E-state index contributed by atoms with van der Waals surface area (Å²) in [6.07, 6.45) is 6.87. The fourth-order valence-corrected chi connectivity index (χ4v) is 2.35. The molecule has 132 valence electrons. The Bertz CT molecular complexity index is 876. The highest BCUT2D eigenvalue weighted by atomic mass is 16.5. The van der Waals surface area contributed by atoms with Crippen molar-refractivity contribution < 1.29 is 14.4 Å². The normalized spacial score (nSPS) is 13.6. The highest BCUT2D eigenvalue weighted by molar-refractivity contribution is 5.92. The first-order chi connectivity index (χ1) is 11.8. The molecule has 0 spiro atoms. The molecule has 2 N–H and O–H groups in total. The minimum Gasteiger partial charge on any atom is -0.383 e. The number of nitrogens with one attached hydrogen (secondary N) is 1. The highest BCUT2D eigenvalue weighted by Crippen LogP contribution is 2.18. The zero-order valence-corrected chi connectivity index (χ0v) is 14.3. The van der Waals surface area contributed by atoms with Gasteiger partial charge in [-0.1, -0.05) is 5.16 Å². The molecule has 0 fully saturated rings. The Morgan fingerprint density at radius 1 is 1.36 bits per heavy atom. The van der Waals surface area contributed by atoms with Crippen LogP contribution in [0.2, 0.25) is 0 Å². The summed E-state index contributed by atoms with van der Waals surface area (Å²) in [5.74, 6) is 0.100. The number of hydrogen-bond donors (Lipinski definition) is 2. The van der Waals surface area contributed by atoms with Gasteiger partial charge in [-0.2, -0.15) is 10.2 Å². The van der Waals surface area contributed by atoms with E-state index in [2.05, 4.69) is 20.7 Å². The summed E-state index contributed by atoms with van der Waals surface area (Å²) in [6, 6.07) is 1.56. The number of rotatable bonds is 6. The van der Waals surface area contributed by atoms with Gasteiger partial charge in [0.1, 0.15) is 12.1 Å². The zero-order chi connectivity index (χ0) is 18.0. The molecule has 3 heterocycles. The lowest BCUT2D eigenvalue weighted by molar-refractivity contribution is 0.0523. The van der Waals surface area contributed by atoms with Gasteiger partial charge in [0.05, 0.1) is 18.9 Å². The quantitative estimate of drug-likeness (QED) is 0.677. The van der Waals surface area contributed by atoms with Crippen molar-refractivity contribution in [2.24, 2.45) is 7.05 Å². The van der Waals surface area contributed by atoms with E-state index in [1.54, 1.807) is 48.0 Å². The van der Waals surface area contributed by atoms with Gasteiger partial charge < -0.3 is 14.9 Å². The van der Waals surface area contributed by atoms with Crippen molar-refractivity contribution >= 4 is 5.91 Å². The van der Waals surface area contributed by atoms with Crippen molar-refractivity contribution in [2.45, 2.75) is 26.0 Å². The predicted molar refractivity (Wildman–Crippen MR) is 87.7 cm³/mol. The van der Waals surface area contributed by atoms with E-state index in [1.165, 1.54) is 0 Å². The smallest absolute Gasteiger partial charge is 0.273 e. The average molecular weight is 344 g/mol. The molecule has 1 unspecified atom stereocenters. The molecule has 0 bridgehead atoms. The molecule has 3 rings (SSSR count). The van der Waals surface area contributed by atoms with Crippen LogP contribution in [-0.2, 0) is 19.2 Å². The number of aromatic nitrogens is 5. The molecule has 9 nitrogen and oxygen atoms in total. The van der Waals surface area contributed by atoms with E-state index in [-0.39, 0.29) is 12.2 Å². The molecule has 0 aliphatic heterocycles. The molecule has 0 aliphatic rings. The summed E-state index contributed by atoms with van der Waals surface area (Å²) in [5.41, 5.74) is 0.574. The summed E-state index contributed by atoms with van der Waals surface area (Å²) >= 11 is 0.